The lowest BCUT2D eigenvalue weighted by molar-refractivity contribution is 0.240. The SMILES string of the molecule is CNC(=O)N[C@@H](C)Cc1cc(OC)c(OC)cc1C(=N)c1ccc(NCCN(C)C)cc1. The molecule has 8 heteroatoms. The Morgan fingerprint density at radius 1 is 1.09 bits per heavy atom. The van der Waals surface area contributed by atoms with E-state index in [-0.39, 0.29) is 12.1 Å². The maximum Gasteiger partial charge on any atom is 0.314 e. The monoisotopic (exact) mass is 441 g/mol. The number of hydrogen-bond donors (Lipinski definition) is 4. The van der Waals surface area contributed by atoms with Crippen LogP contribution in [0.2, 0.25) is 0 Å². The molecule has 0 saturated carbocycles. The molecule has 2 amide bonds. The van der Waals surface area contributed by atoms with E-state index in [0.29, 0.717) is 23.6 Å². The van der Waals surface area contributed by atoms with Gasteiger partial charge in [0, 0.05) is 43.0 Å². The first kappa shape index (κ1) is 25.0. The van der Waals surface area contributed by atoms with Gasteiger partial charge in [-0.1, -0.05) is 12.1 Å². The first-order valence-corrected chi connectivity index (χ1v) is 10.6. The van der Waals surface area contributed by atoms with E-state index < -0.39 is 0 Å². The second kappa shape index (κ2) is 12.0. The molecule has 8 nitrogen and oxygen atoms in total. The summed E-state index contributed by atoms with van der Waals surface area (Å²) in [6.45, 7) is 3.71. The molecule has 2 aromatic rings. The summed E-state index contributed by atoms with van der Waals surface area (Å²) in [5.74, 6) is 1.15. The molecule has 0 aliphatic heterocycles. The topological polar surface area (TPSA) is 98.7 Å². The highest BCUT2D eigenvalue weighted by molar-refractivity contribution is 6.12. The number of carbonyl (C=O) groups excluding carboxylic acids is 1. The Morgan fingerprint density at radius 3 is 2.28 bits per heavy atom. The Balaban J connectivity index is 2.30. The number of hydrogen-bond acceptors (Lipinski definition) is 6. The molecule has 0 radical (unpaired) electrons. The van der Waals surface area contributed by atoms with Crippen LogP contribution < -0.4 is 25.4 Å². The molecule has 0 fully saturated rings. The van der Waals surface area contributed by atoms with Crippen LogP contribution in [0.4, 0.5) is 10.5 Å². The summed E-state index contributed by atoms with van der Waals surface area (Å²) in [4.78, 5) is 13.8. The van der Waals surface area contributed by atoms with E-state index in [0.717, 1.165) is 35.5 Å². The third kappa shape index (κ3) is 6.88. The number of carbonyl (C=O) groups is 1. The van der Waals surface area contributed by atoms with E-state index in [4.69, 9.17) is 14.9 Å². The van der Waals surface area contributed by atoms with Crippen LogP contribution in [0.1, 0.15) is 23.6 Å². The largest absolute Gasteiger partial charge is 0.493 e. The maximum absolute atomic E-state index is 11.7. The smallest absolute Gasteiger partial charge is 0.314 e. The minimum Gasteiger partial charge on any atom is -0.493 e. The average Bonchev–Trinajstić information content (AvgIpc) is 2.78. The Kier molecular flexibility index (Phi) is 9.34. The van der Waals surface area contributed by atoms with Crippen molar-refractivity contribution in [2.75, 3.05) is 53.8 Å². The zero-order valence-corrected chi connectivity index (χ0v) is 19.8. The molecule has 0 aliphatic carbocycles. The summed E-state index contributed by atoms with van der Waals surface area (Å²) >= 11 is 0. The third-order valence-electron chi connectivity index (χ3n) is 5.07. The summed E-state index contributed by atoms with van der Waals surface area (Å²) in [5.41, 5.74) is 3.82. The summed E-state index contributed by atoms with van der Waals surface area (Å²) in [6.07, 6.45) is 0.537. The van der Waals surface area contributed by atoms with Crippen LogP contribution in [0.5, 0.6) is 11.5 Å². The third-order valence-corrected chi connectivity index (χ3v) is 5.07. The first-order valence-electron chi connectivity index (χ1n) is 10.6. The van der Waals surface area contributed by atoms with Crippen LogP contribution >= 0.6 is 0 Å². The van der Waals surface area contributed by atoms with Crippen LogP contribution in [-0.2, 0) is 6.42 Å². The summed E-state index contributed by atoms with van der Waals surface area (Å²) in [7, 11) is 8.82. The maximum atomic E-state index is 11.7. The molecular weight excluding hydrogens is 406 g/mol. The number of anilines is 1. The second-order valence-corrected chi connectivity index (χ2v) is 7.88. The van der Waals surface area contributed by atoms with Crippen molar-refractivity contribution in [1.82, 2.24) is 15.5 Å². The van der Waals surface area contributed by atoms with Crippen molar-refractivity contribution in [2.24, 2.45) is 0 Å². The van der Waals surface area contributed by atoms with Gasteiger partial charge in [0.05, 0.1) is 19.9 Å². The number of methoxy groups -OCH3 is 2. The number of likely N-dealkylation sites (N-methyl/N-ethyl adjacent to an activating group) is 1. The molecule has 0 spiro atoms. The summed E-state index contributed by atoms with van der Waals surface area (Å²) in [6, 6.07) is 11.2. The second-order valence-electron chi connectivity index (χ2n) is 7.88. The molecule has 0 heterocycles. The number of urea groups is 1. The zero-order valence-electron chi connectivity index (χ0n) is 19.8. The van der Waals surface area contributed by atoms with Crippen molar-refractivity contribution in [1.29, 1.82) is 5.41 Å². The van der Waals surface area contributed by atoms with Crippen LogP contribution in [0.25, 0.3) is 0 Å². The lowest BCUT2D eigenvalue weighted by Crippen LogP contribution is -2.40. The number of benzene rings is 2. The first-order chi connectivity index (χ1) is 15.3. The molecular formula is C24H35N5O3. The van der Waals surface area contributed by atoms with Gasteiger partial charge in [0.1, 0.15) is 0 Å². The van der Waals surface area contributed by atoms with E-state index in [1.807, 2.05) is 57.4 Å². The standard InChI is InChI=1S/C24H35N5O3/c1-16(28-24(30)26-2)13-18-14-21(31-5)22(32-6)15-20(18)23(25)17-7-9-19(10-8-17)27-11-12-29(3)4/h7-10,14-16,25,27H,11-13H2,1-6H3,(H2,26,28,30)/t16-/m0/s1. The number of amides is 2. The lowest BCUT2D eigenvalue weighted by atomic mass is 9.93. The molecule has 2 rings (SSSR count). The molecule has 0 aliphatic rings. The highest BCUT2D eigenvalue weighted by atomic mass is 16.5. The highest BCUT2D eigenvalue weighted by Gasteiger charge is 2.18. The van der Waals surface area contributed by atoms with Gasteiger partial charge in [0.25, 0.3) is 0 Å². The van der Waals surface area contributed by atoms with Crippen LogP contribution in [0.3, 0.4) is 0 Å². The Bertz CT molecular complexity index is 913. The van der Waals surface area contributed by atoms with E-state index in [9.17, 15) is 4.79 Å². The van der Waals surface area contributed by atoms with Crippen molar-refractivity contribution in [3.8, 4) is 11.5 Å². The van der Waals surface area contributed by atoms with Gasteiger partial charge in [-0.25, -0.2) is 4.79 Å². The van der Waals surface area contributed by atoms with Gasteiger partial charge in [0.2, 0.25) is 0 Å². The van der Waals surface area contributed by atoms with Crippen LogP contribution in [-0.4, -0.2) is 71.1 Å². The highest BCUT2D eigenvalue weighted by Crippen LogP contribution is 2.32. The van der Waals surface area contributed by atoms with Gasteiger partial charge in [-0.3, -0.25) is 5.41 Å². The molecule has 0 unspecified atom stereocenters. The van der Waals surface area contributed by atoms with Gasteiger partial charge >= 0.3 is 6.03 Å². The van der Waals surface area contributed by atoms with Gasteiger partial charge in [-0.05, 0) is 57.3 Å². The Hall–Kier alpha value is -3.26. The molecule has 1 atom stereocenters. The van der Waals surface area contributed by atoms with Crippen molar-refractivity contribution in [2.45, 2.75) is 19.4 Å². The predicted octanol–water partition coefficient (Wildman–Crippen LogP) is 2.95. The molecule has 2 aromatic carbocycles. The number of nitrogens with one attached hydrogen (secondary N) is 4. The van der Waals surface area contributed by atoms with E-state index >= 15 is 0 Å². The minimum atomic E-state index is -0.244. The Labute approximate surface area is 190 Å². The molecule has 4 N–H and O–H groups in total. The van der Waals surface area contributed by atoms with Crippen LogP contribution in [0, 0.1) is 5.41 Å². The van der Waals surface area contributed by atoms with E-state index in [1.54, 1.807) is 21.3 Å². The molecule has 32 heavy (non-hydrogen) atoms. The number of rotatable bonds is 11. The number of nitrogens with zero attached hydrogens (tertiary/aromatic N) is 1. The van der Waals surface area contributed by atoms with Crippen LogP contribution in [0.15, 0.2) is 36.4 Å². The fourth-order valence-electron chi connectivity index (χ4n) is 3.33. The van der Waals surface area contributed by atoms with Crippen molar-refractivity contribution < 1.29 is 14.3 Å². The normalized spacial score (nSPS) is 11.6. The Morgan fingerprint density at radius 2 is 1.72 bits per heavy atom. The molecule has 0 saturated heterocycles. The average molecular weight is 442 g/mol. The predicted molar refractivity (Wildman–Crippen MR) is 130 cm³/mol. The van der Waals surface area contributed by atoms with Gasteiger partial charge in [0.15, 0.2) is 11.5 Å². The molecule has 0 aromatic heterocycles. The fraction of sp³-hybridized carbons (Fsp3) is 0.417. The van der Waals surface area contributed by atoms with Gasteiger partial charge < -0.3 is 30.3 Å². The fourth-order valence-corrected chi connectivity index (χ4v) is 3.33. The van der Waals surface area contributed by atoms with E-state index in [1.165, 1.54) is 0 Å². The van der Waals surface area contributed by atoms with Gasteiger partial charge in [-0.2, -0.15) is 0 Å². The zero-order chi connectivity index (χ0) is 23.7. The van der Waals surface area contributed by atoms with Gasteiger partial charge in [-0.15, -0.1) is 0 Å². The number of ether oxygens (including phenoxy) is 2. The van der Waals surface area contributed by atoms with Crippen molar-refractivity contribution >= 4 is 17.4 Å². The van der Waals surface area contributed by atoms with E-state index in [2.05, 4.69) is 20.9 Å². The summed E-state index contributed by atoms with van der Waals surface area (Å²) < 4.78 is 10.9. The molecule has 174 valence electrons. The minimum absolute atomic E-state index is 0.136. The molecule has 0 bridgehead atoms. The van der Waals surface area contributed by atoms with Crippen molar-refractivity contribution in [3.63, 3.8) is 0 Å². The lowest BCUT2D eigenvalue weighted by Gasteiger charge is -2.19. The summed E-state index contributed by atoms with van der Waals surface area (Å²) in [5, 5.41) is 17.7. The quantitative estimate of drug-likeness (QED) is 0.402. The van der Waals surface area contributed by atoms with Crippen molar-refractivity contribution in [3.05, 3.63) is 53.1 Å².